The average Bonchev–Trinajstić information content (AvgIpc) is 2.06. The second-order valence-corrected chi connectivity index (χ2v) is 2.48. The van der Waals surface area contributed by atoms with Gasteiger partial charge in [0.2, 0.25) is 0 Å². The third-order valence-corrected chi connectivity index (χ3v) is 1.30. The summed E-state index contributed by atoms with van der Waals surface area (Å²) in [6.07, 6.45) is 0. The molecule has 0 radical (unpaired) electrons. The molecule has 0 saturated carbocycles. The third-order valence-electron chi connectivity index (χ3n) is 1.30. The first-order valence-corrected chi connectivity index (χ1v) is 3.63. The van der Waals surface area contributed by atoms with Gasteiger partial charge in [-0.1, -0.05) is 24.8 Å². The van der Waals surface area contributed by atoms with E-state index < -0.39 is 0 Å². The summed E-state index contributed by atoms with van der Waals surface area (Å²) in [5.41, 5.74) is 0.402. The largest absolute Gasteiger partial charge is 0.423 e. The zero-order valence-corrected chi connectivity index (χ0v) is 13.1. The van der Waals surface area contributed by atoms with Crippen molar-refractivity contribution in [2.45, 2.75) is 6.92 Å². The molecular formula is C10H10HgO2. The maximum absolute atomic E-state index is 11.0. The summed E-state index contributed by atoms with van der Waals surface area (Å²) in [4.78, 5) is 11.0. The molecule has 0 aromatic heterocycles. The van der Waals surface area contributed by atoms with E-state index in [9.17, 15) is 4.79 Å². The molecule has 1 rings (SSSR count). The average molecular weight is 363 g/mol. The Hall–Kier alpha value is -0.635. The SMILES string of the molecule is C=C(C)C(=O)Oc1ccccc1.[Hg]. The number of ether oxygens (including phenoxy) is 1. The van der Waals surface area contributed by atoms with Crippen LogP contribution in [0.15, 0.2) is 42.5 Å². The predicted octanol–water partition coefficient (Wildman–Crippen LogP) is 2.17. The molecule has 0 amide bonds. The van der Waals surface area contributed by atoms with Crippen LogP contribution in [0.4, 0.5) is 0 Å². The fourth-order valence-corrected chi connectivity index (χ4v) is 0.683. The van der Waals surface area contributed by atoms with Crippen molar-refractivity contribution < 1.29 is 37.2 Å². The first kappa shape index (κ1) is 12.4. The van der Waals surface area contributed by atoms with Crippen LogP contribution in [0.3, 0.4) is 0 Å². The number of carbonyl (C=O) groups is 1. The molecule has 0 fully saturated rings. The van der Waals surface area contributed by atoms with E-state index in [0.717, 1.165) is 0 Å². The number of rotatable bonds is 2. The molecule has 0 aliphatic heterocycles. The minimum Gasteiger partial charge on any atom is -0.423 e. The van der Waals surface area contributed by atoms with Crippen LogP contribution < -0.4 is 4.74 Å². The molecule has 64 valence electrons. The molecule has 0 N–H and O–H groups in total. The molecule has 0 unspecified atom stereocenters. The molecule has 1 aromatic rings. The van der Waals surface area contributed by atoms with E-state index in [0.29, 0.717) is 11.3 Å². The van der Waals surface area contributed by atoms with Crippen LogP contribution in [0.1, 0.15) is 6.92 Å². The van der Waals surface area contributed by atoms with Gasteiger partial charge in [0.05, 0.1) is 0 Å². The van der Waals surface area contributed by atoms with E-state index in [4.69, 9.17) is 4.74 Å². The monoisotopic (exact) mass is 364 g/mol. The van der Waals surface area contributed by atoms with Crippen molar-refractivity contribution in [2.24, 2.45) is 0 Å². The third kappa shape index (κ3) is 4.22. The maximum Gasteiger partial charge on any atom is 0.338 e. The van der Waals surface area contributed by atoms with Crippen molar-refractivity contribution in [2.75, 3.05) is 0 Å². The summed E-state index contributed by atoms with van der Waals surface area (Å²) in [5.74, 6) is 0.159. The molecule has 0 aliphatic carbocycles. The number of hydrogen-bond donors (Lipinski definition) is 0. The van der Waals surface area contributed by atoms with Crippen molar-refractivity contribution in [1.82, 2.24) is 0 Å². The summed E-state index contributed by atoms with van der Waals surface area (Å²) >= 11 is 0. The molecule has 0 aliphatic rings. The van der Waals surface area contributed by atoms with E-state index >= 15 is 0 Å². The standard InChI is InChI=1S/C10H10O2.Hg/c1-8(2)10(11)12-9-6-4-3-5-7-9;/h3-7H,1H2,2H3;. The first-order chi connectivity index (χ1) is 5.70. The molecule has 0 saturated heterocycles. The Morgan fingerprint density at radius 2 is 1.85 bits per heavy atom. The summed E-state index contributed by atoms with van der Waals surface area (Å²) in [7, 11) is 0. The van der Waals surface area contributed by atoms with Gasteiger partial charge in [0.1, 0.15) is 5.75 Å². The van der Waals surface area contributed by atoms with Gasteiger partial charge in [-0.25, -0.2) is 4.79 Å². The molecular weight excluding hydrogens is 353 g/mol. The van der Waals surface area contributed by atoms with Crippen molar-refractivity contribution in [3.8, 4) is 5.75 Å². The van der Waals surface area contributed by atoms with E-state index in [2.05, 4.69) is 6.58 Å². The van der Waals surface area contributed by atoms with Crippen molar-refractivity contribution in [3.05, 3.63) is 42.5 Å². The summed E-state index contributed by atoms with van der Waals surface area (Å²) in [6.45, 7) is 5.09. The molecule has 2 nitrogen and oxygen atoms in total. The molecule has 3 heteroatoms. The van der Waals surface area contributed by atoms with Gasteiger partial charge in [-0.15, -0.1) is 0 Å². The van der Waals surface area contributed by atoms with E-state index in [1.807, 2.05) is 6.07 Å². The van der Waals surface area contributed by atoms with Crippen LogP contribution in [0.5, 0.6) is 5.75 Å². The van der Waals surface area contributed by atoms with Gasteiger partial charge in [-0.05, 0) is 19.1 Å². The van der Waals surface area contributed by atoms with E-state index in [1.165, 1.54) is 0 Å². The fourth-order valence-electron chi connectivity index (χ4n) is 0.683. The Morgan fingerprint density at radius 1 is 1.31 bits per heavy atom. The van der Waals surface area contributed by atoms with Gasteiger partial charge < -0.3 is 4.74 Å². The van der Waals surface area contributed by atoms with Gasteiger partial charge >= 0.3 is 5.97 Å². The van der Waals surface area contributed by atoms with Crippen LogP contribution in [-0.2, 0) is 32.5 Å². The summed E-state index contributed by atoms with van der Waals surface area (Å²) in [6, 6.07) is 8.92. The Labute approximate surface area is 98.1 Å². The van der Waals surface area contributed by atoms with Crippen LogP contribution >= 0.6 is 0 Å². The molecule has 1 aromatic carbocycles. The minimum atomic E-state index is -0.388. The smallest absolute Gasteiger partial charge is 0.338 e. The second-order valence-electron chi connectivity index (χ2n) is 2.48. The van der Waals surface area contributed by atoms with E-state index in [-0.39, 0.29) is 33.6 Å². The number of benzene rings is 1. The second kappa shape index (κ2) is 5.92. The van der Waals surface area contributed by atoms with Crippen molar-refractivity contribution in [3.63, 3.8) is 0 Å². The Kier molecular flexibility index (Phi) is 5.63. The van der Waals surface area contributed by atoms with E-state index in [1.54, 1.807) is 31.2 Å². The Bertz CT molecular complexity index is 293. The summed E-state index contributed by atoms with van der Waals surface area (Å²) in [5, 5.41) is 0. The molecule has 0 bridgehead atoms. The number of para-hydroxylation sites is 1. The maximum atomic E-state index is 11.0. The molecule has 0 heterocycles. The Balaban J connectivity index is 0.00000144. The van der Waals surface area contributed by atoms with Crippen molar-refractivity contribution in [1.29, 1.82) is 0 Å². The topological polar surface area (TPSA) is 26.3 Å². The van der Waals surface area contributed by atoms with Crippen molar-refractivity contribution >= 4 is 5.97 Å². The molecule has 13 heavy (non-hydrogen) atoms. The normalized spacial score (nSPS) is 8.38. The molecule has 0 spiro atoms. The zero-order chi connectivity index (χ0) is 8.97. The van der Waals surface area contributed by atoms with Crippen LogP contribution in [0, 0.1) is 0 Å². The van der Waals surface area contributed by atoms with Gasteiger partial charge in [0.15, 0.2) is 0 Å². The van der Waals surface area contributed by atoms with Crippen LogP contribution in [0.2, 0.25) is 0 Å². The molecule has 0 atom stereocenters. The number of hydrogen-bond acceptors (Lipinski definition) is 2. The first-order valence-electron chi connectivity index (χ1n) is 3.63. The van der Waals surface area contributed by atoms with Gasteiger partial charge in [0, 0.05) is 33.2 Å². The minimum absolute atomic E-state index is 0. The van der Waals surface area contributed by atoms with Gasteiger partial charge in [0.25, 0.3) is 0 Å². The predicted molar refractivity (Wildman–Crippen MR) is 46.9 cm³/mol. The van der Waals surface area contributed by atoms with Crippen LogP contribution in [0.25, 0.3) is 0 Å². The van der Waals surface area contributed by atoms with Crippen LogP contribution in [-0.4, -0.2) is 5.97 Å². The summed E-state index contributed by atoms with van der Waals surface area (Å²) < 4.78 is 4.94. The Morgan fingerprint density at radius 3 is 2.31 bits per heavy atom. The number of carbonyl (C=O) groups excluding carboxylic acids is 1. The fraction of sp³-hybridized carbons (Fsp3) is 0.100. The zero-order valence-electron chi connectivity index (χ0n) is 7.62. The van der Waals surface area contributed by atoms with Gasteiger partial charge in [-0.2, -0.15) is 0 Å². The quantitative estimate of drug-likeness (QED) is 0.349. The van der Waals surface area contributed by atoms with Gasteiger partial charge in [-0.3, -0.25) is 0 Å². The number of esters is 1.